The topological polar surface area (TPSA) is 50.9 Å². The van der Waals surface area contributed by atoms with Crippen molar-refractivity contribution in [2.45, 2.75) is 24.8 Å². The van der Waals surface area contributed by atoms with E-state index in [1.807, 2.05) is 6.20 Å². The van der Waals surface area contributed by atoms with E-state index in [1.54, 1.807) is 10.9 Å². The molecule has 4 nitrogen and oxygen atoms in total. The van der Waals surface area contributed by atoms with Crippen LogP contribution in [0.3, 0.4) is 0 Å². The van der Waals surface area contributed by atoms with Gasteiger partial charge >= 0.3 is 0 Å². The second-order valence-corrected chi connectivity index (χ2v) is 3.08. The first-order valence-electron chi connectivity index (χ1n) is 3.85. The molecule has 60 valence electrons. The first kappa shape index (κ1) is 6.79. The van der Waals surface area contributed by atoms with E-state index in [0.717, 1.165) is 12.8 Å². The van der Waals surface area contributed by atoms with Gasteiger partial charge in [-0.25, -0.2) is 4.68 Å². The lowest BCUT2D eigenvalue weighted by atomic mass is 9.77. The molecule has 0 aliphatic heterocycles. The summed E-state index contributed by atoms with van der Waals surface area (Å²) in [7, 11) is 0. The van der Waals surface area contributed by atoms with Crippen molar-refractivity contribution in [2.24, 2.45) is 0 Å². The van der Waals surface area contributed by atoms with Gasteiger partial charge in [0, 0.05) is 6.20 Å². The van der Waals surface area contributed by atoms with Gasteiger partial charge in [-0.3, -0.25) is 0 Å². The van der Waals surface area contributed by atoms with Gasteiger partial charge in [-0.05, 0) is 19.3 Å². The van der Waals surface area contributed by atoms with Crippen molar-refractivity contribution >= 4 is 0 Å². The van der Waals surface area contributed by atoms with Crippen LogP contribution in [-0.4, -0.2) is 26.7 Å². The lowest BCUT2D eigenvalue weighted by molar-refractivity contribution is 0.0421. The molecule has 1 heterocycles. The van der Waals surface area contributed by atoms with Gasteiger partial charge < -0.3 is 5.11 Å². The van der Waals surface area contributed by atoms with Gasteiger partial charge in [-0.2, -0.15) is 0 Å². The van der Waals surface area contributed by atoms with Crippen LogP contribution in [0.1, 0.15) is 19.3 Å². The van der Waals surface area contributed by atoms with E-state index < -0.39 is 0 Å². The molecule has 1 aliphatic carbocycles. The van der Waals surface area contributed by atoms with Crippen LogP contribution >= 0.6 is 0 Å². The Balaban J connectivity index is 2.25. The Bertz CT molecular complexity index is 222. The van der Waals surface area contributed by atoms with Crippen molar-refractivity contribution in [2.75, 3.05) is 6.61 Å². The standard InChI is InChI=1S/C7H11N3O/c11-6-7(2-1-3-7)10-5-4-8-9-10/h4-5,11H,1-3,6H2. The largest absolute Gasteiger partial charge is 0.394 e. The summed E-state index contributed by atoms with van der Waals surface area (Å²) >= 11 is 0. The van der Waals surface area contributed by atoms with E-state index in [0.29, 0.717) is 0 Å². The molecule has 0 amide bonds. The lowest BCUT2D eigenvalue weighted by Crippen LogP contribution is -2.44. The Kier molecular flexibility index (Phi) is 1.42. The van der Waals surface area contributed by atoms with Gasteiger partial charge in [0.2, 0.25) is 0 Å². The molecule has 1 aliphatic rings. The van der Waals surface area contributed by atoms with E-state index in [1.165, 1.54) is 6.42 Å². The third kappa shape index (κ3) is 0.860. The van der Waals surface area contributed by atoms with E-state index in [2.05, 4.69) is 10.3 Å². The number of rotatable bonds is 2. The second-order valence-electron chi connectivity index (χ2n) is 3.08. The summed E-state index contributed by atoms with van der Waals surface area (Å²) in [6.07, 6.45) is 6.69. The van der Waals surface area contributed by atoms with Crippen molar-refractivity contribution in [1.82, 2.24) is 15.0 Å². The predicted molar refractivity (Wildman–Crippen MR) is 38.9 cm³/mol. The van der Waals surface area contributed by atoms with Crippen LogP contribution in [0.15, 0.2) is 12.4 Å². The van der Waals surface area contributed by atoms with Crippen LogP contribution in [0, 0.1) is 0 Å². The summed E-state index contributed by atoms with van der Waals surface area (Å²) in [5.74, 6) is 0. The SMILES string of the molecule is OCC1(n2ccnn2)CCC1. The van der Waals surface area contributed by atoms with Crippen LogP contribution in [0.5, 0.6) is 0 Å². The molecule has 0 spiro atoms. The van der Waals surface area contributed by atoms with Crippen LogP contribution in [-0.2, 0) is 5.54 Å². The van der Waals surface area contributed by atoms with Crippen LogP contribution in [0.2, 0.25) is 0 Å². The fraction of sp³-hybridized carbons (Fsp3) is 0.714. The van der Waals surface area contributed by atoms with E-state index >= 15 is 0 Å². The Morgan fingerprint density at radius 1 is 1.55 bits per heavy atom. The van der Waals surface area contributed by atoms with Gasteiger partial charge in [-0.15, -0.1) is 5.10 Å². The Morgan fingerprint density at radius 3 is 2.73 bits per heavy atom. The van der Waals surface area contributed by atoms with Crippen molar-refractivity contribution in [3.63, 3.8) is 0 Å². The highest BCUT2D eigenvalue weighted by Crippen LogP contribution is 2.37. The Morgan fingerprint density at radius 2 is 2.36 bits per heavy atom. The van der Waals surface area contributed by atoms with E-state index in [-0.39, 0.29) is 12.1 Å². The number of aromatic nitrogens is 3. The van der Waals surface area contributed by atoms with Gasteiger partial charge in [0.05, 0.1) is 18.3 Å². The summed E-state index contributed by atoms with van der Waals surface area (Å²) in [6.45, 7) is 0.177. The monoisotopic (exact) mass is 153 g/mol. The molecule has 11 heavy (non-hydrogen) atoms. The number of aliphatic hydroxyl groups excluding tert-OH is 1. The first-order chi connectivity index (χ1) is 5.37. The van der Waals surface area contributed by atoms with Gasteiger partial charge in [-0.1, -0.05) is 5.21 Å². The van der Waals surface area contributed by atoms with Gasteiger partial charge in [0.25, 0.3) is 0 Å². The molecule has 1 saturated carbocycles. The Hall–Kier alpha value is -0.900. The minimum atomic E-state index is -0.115. The average molecular weight is 153 g/mol. The maximum absolute atomic E-state index is 9.12. The minimum absolute atomic E-state index is 0.115. The Labute approximate surface area is 64.8 Å². The van der Waals surface area contributed by atoms with Crippen molar-refractivity contribution in [3.8, 4) is 0 Å². The van der Waals surface area contributed by atoms with Gasteiger partial charge in [0.15, 0.2) is 0 Å². The highest BCUT2D eigenvalue weighted by Gasteiger charge is 2.38. The van der Waals surface area contributed by atoms with E-state index in [4.69, 9.17) is 5.11 Å². The molecular weight excluding hydrogens is 142 g/mol. The molecule has 0 saturated heterocycles. The van der Waals surface area contributed by atoms with Crippen LogP contribution in [0.25, 0.3) is 0 Å². The third-order valence-electron chi connectivity index (χ3n) is 2.49. The summed E-state index contributed by atoms with van der Waals surface area (Å²) in [6, 6.07) is 0. The van der Waals surface area contributed by atoms with Crippen molar-refractivity contribution in [3.05, 3.63) is 12.4 Å². The summed E-state index contributed by atoms with van der Waals surface area (Å²) in [5, 5.41) is 16.7. The molecule has 1 aromatic rings. The van der Waals surface area contributed by atoms with Crippen molar-refractivity contribution in [1.29, 1.82) is 0 Å². The lowest BCUT2D eigenvalue weighted by Gasteiger charge is -2.39. The average Bonchev–Trinajstić information content (AvgIpc) is 2.39. The van der Waals surface area contributed by atoms with Crippen LogP contribution < -0.4 is 0 Å². The molecule has 1 N–H and O–H groups in total. The number of hydrogen-bond donors (Lipinski definition) is 1. The number of aliphatic hydroxyl groups is 1. The number of hydrogen-bond acceptors (Lipinski definition) is 3. The zero-order valence-electron chi connectivity index (χ0n) is 6.27. The normalized spacial score (nSPS) is 21.2. The second kappa shape index (κ2) is 2.30. The maximum atomic E-state index is 9.12. The zero-order valence-corrected chi connectivity index (χ0v) is 6.27. The smallest absolute Gasteiger partial charge is 0.0874 e. The highest BCUT2D eigenvalue weighted by atomic mass is 16.3. The quantitative estimate of drug-likeness (QED) is 0.658. The highest BCUT2D eigenvalue weighted by molar-refractivity contribution is 4.93. The minimum Gasteiger partial charge on any atom is -0.394 e. The molecule has 0 atom stereocenters. The fourth-order valence-corrected chi connectivity index (χ4v) is 1.51. The molecule has 0 radical (unpaired) electrons. The van der Waals surface area contributed by atoms with Crippen molar-refractivity contribution < 1.29 is 5.11 Å². The van der Waals surface area contributed by atoms with Gasteiger partial charge in [0.1, 0.15) is 0 Å². The molecule has 4 heteroatoms. The molecule has 1 aromatic heterocycles. The molecule has 2 rings (SSSR count). The molecule has 0 unspecified atom stereocenters. The van der Waals surface area contributed by atoms with E-state index in [9.17, 15) is 0 Å². The molecular formula is C7H11N3O. The zero-order chi connectivity index (χ0) is 7.73. The molecule has 0 bridgehead atoms. The first-order valence-corrected chi connectivity index (χ1v) is 3.85. The van der Waals surface area contributed by atoms with Crippen LogP contribution in [0.4, 0.5) is 0 Å². The summed E-state index contributed by atoms with van der Waals surface area (Å²) in [5.41, 5.74) is -0.115. The predicted octanol–water partition coefficient (Wildman–Crippen LogP) is 0.150. The maximum Gasteiger partial charge on any atom is 0.0874 e. The summed E-state index contributed by atoms with van der Waals surface area (Å²) in [4.78, 5) is 0. The number of nitrogens with zero attached hydrogens (tertiary/aromatic N) is 3. The molecule has 0 aromatic carbocycles. The molecule has 1 fully saturated rings. The fourth-order valence-electron chi connectivity index (χ4n) is 1.51. The third-order valence-corrected chi connectivity index (χ3v) is 2.49. The summed E-state index contributed by atoms with van der Waals surface area (Å²) < 4.78 is 1.77.